The van der Waals surface area contributed by atoms with Crippen LogP contribution in [0, 0.1) is 11.3 Å². The Balaban J connectivity index is 1.80. The summed E-state index contributed by atoms with van der Waals surface area (Å²) in [4.78, 5) is 18.8. The lowest BCUT2D eigenvalue weighted by atomic mass is 10.0. The number of nitriles is 1. The van der Waals surface area contributed by atoms with Crippen molar-refractivity contribution >= 4 is 50.3 Å². The lowest BCUT2D eigenvalue weighted by molar-refractivity contribution is 0.0956. The highest BCUT2D eigenvalue weighted by molar-refractivity contribution is 7.21. The van der Waals surface area contributed by atoms with Crippen LogP contribution in [0.1, 0.15) is 20.8 Å². The maximum absolute atomic E-state index is 12.7. The predicted molar refractivity (Wildman–Crippen MR) is 114 cm³/mol. The van der Waals surface area contributed by atoms with Gasteiger partial charge in [0, 0.05) is 22.4 Å². The maximum Gasteiger partial charge on any atom is 0.263 e. The smallest absolute Gasteiger partial charge is 0.263 e. The summed E-state index contributed by atoms with van der Waals surface area (Å²) in [6.07, 6.45) is 0. The molecule has 0 aliphatic heterocycles. The Hall–Kier alpha value is -3.41. The highest BCUT2D eigenvalue weighted by Crippen LogP contribution is 2.43. The molecule has 0 radical (unpaired) electrons. The van der Waals surface area contributed by atoms with Gasteiger partial charge in [-0.05, 0) is 17.0 Å². The van der Waals surface area contributed by atoms with Gasteiger partial charge in [-0.1, -0.05) is 36.4 Å². The number of nitrogen functional groups attached to an aromatic ring is 2. The van der Waals surface area contributed by atoms with E-state index in [2.05, 4.69) is 16.4 Å². The predicted octanol–water partition coefficient (Wildman–Crippen LogP) is 3.99. The molecule has 0 aliphatic carbocycles. The quantitative estimate of drug-likeness (QED) is 0.474. The van der Waals surface area contributed by atoms with E-state index in [1.165, 1.54) is 22.7 Å². The van der Waals surface area contributed by atoms with Crippen molar-refractivity contribution in [1.29, 1.82) is 5.26 Å². The van der Waals surface area contributed by atoms with Crippen LogP contribution in [-0.2, 0) is 6.54 Å². The first-order chi connectivity index (χ1) is 13.6. The van der Waals surface area contributed by atoms with E-state index in [0.29, 0.717) is 32.9 Å². The van der Waals surface area contributed by atoms with Gasteiger partial charge in [0.05, 0.1) is 5.69 Å². The number of pyridine rings is 1. The number of aromatic nitrogens is 1. The number of carbonyl (C=O) groups is 1. The van der Waals surface area contributed by atoms with E-state index < -0.39 is 0 Å². The van der Waals surface area contributed by atoms with Crippen molar-refractivity contribution in [1.82, 2.24) is 10.3 Å². The summed E-state index contributed by atoms with van der Waals surface area (Å²) in [7, 11) is 0. The fraction of sp³-hybridized carbons (Fsp3) is 0.0500. The van der Waals surface area contributed by atoms with E-state index in [0.717, 1.165) is 10.4 Å². The Morgan fingerprint density at radius 3 is 2.64 bits per heavy atom. The average molecular weight is 406 g/mol. The van der Waals surface area contributed by atoms with Crippen LogP contribution in [0.15, 0.2) is 47.8 Å². The lowest BCUT2D eigenvalue weighted by Crippen LogP contribution is -2.22. The van der Waals surface area contributed by atoms with Gasteiger partial charge < -0.3 is 16.8 Å². The number of nitrogens with zero attached hydrogens (tertiary/aromatic N) is 2. The number of hydrogen-bond donors (Lipinski definition) is 3. The molecule has 5 N–H and O–H groups in total. The monoisotopic (exact) mass is 405 g/mol. The van der Waals surface area contributed by atoms with Crippen molar-refractivity contribution in [3.05, 3.63) is 63.8 Å². The van der Waals surface area contributed by atoms with Crippen LogP contribution in [0.3, 0.4) is 0 Å². The molecule has 4 rings (SSSR count). The third kappa shape index (κ3) is 3.07. The molecule has 28 heavy (non-hydrogen) atoms. The summed E-state index contributed by atoms with van der Waals surface area (Å²) in [5, 5.41) is 15.0. The zero-order valence-electron chi connectivity index (χ0n) is 14.6. The number of anilines is 2. The van der Waals surface area contributed by atoms with Crippen molar-refractivity contribution in [2.24, 2.45) is 0 Å². The number of nitrogens with one attached hydrogen (secondary N) is 1. The first-order valence-electron chi connectivity index (χ1n) is 8.37. The van der Waals surface area contributed by atoms with Gasteiger partial charge in [0.15, 0.2) is 0 Å². The molecule has 0 saturated heterocycles. The van der Waals surface area contributed by atoms with Crippen molar-refractivity contribution in [2.75, 3.05) is 11.5 Å². The SMILES string of the molecule is N#Cc1c(N)nc2sc(C(=O)NCc3ccccc3)c(N)c2c1-c1cccs1. The first-order valence-corrected chi connectivity index (χ1v) is 10.1. The van der Waals surface area contributed by atoms with Crippen LogP contribution in [0.25, 0.3) is 20.7 Å². The van der Waals surface area contributed by atoms with E-state index in [4.69, 9.17) is 11.5 Å². The zero-order valence-corrected chi connectivity index (χ0v) is 16.2. The Morgan fingerprint density at radius 1 is 1.18 bits per heavy atom. The maximum atomic E-state index is 12.7. The lowest BCUT2D eigenvalue weighted by Gasteiger charge is -2.07. The number of rotatable bonds is 4. The molecule has 6 nitrogen and oxygen atoms in total. The molecule has 4 aromatic rings. The van der Waals surface area contributed by atoms with Crippen molar-refractivity contribution in [3.8, 4) is 16.5 Å². The number of thiophene rings is 2. The van der Waals surface area contributed by atoms with Gasteiger partial charge in [-0.2, -0.15) is 5.26 Å². The summed E-state index contributed by atoms with van der Waals surface area (Å²) in [6, 6.07) is 15.5. The third-order valence-corrected chi connectivity index (χ3v) is 6.27. The minimum atomic E-state index is -0.279. The number of benzene rings is 1. The zero-order chi connectivity index (χ0) is 19.7. The number of amides is 1. The fourth-order valence-electron chi connectivity index (χ4n) is 2.98. The minimum absolute atomic E-state index is 0.135. The molecular weight excluding hydrogens is 390 g/mol. The standard InChI is InChI=1S/C20H15N5OS2/c21-9-12-14(13-7-4-8-27-13)15-16(22)17(28-20(15)25-18(12)23)19(26)24-10-11-5-2-1-3-6-11/h1-8H,10,22H2,(H2,23,25)(H,24,26). The third-order valence-electron chi connectivity index (χ3n) is 4.29. The Morgan fingerprint density at radius 2 is 1.96 bits per heavy atom. The fourth-order valence-corrected chi connectivity index (χ4v) is 4.79. The molecule has 3 aromatic heterocycles. The summed E-state index contributed by atoms with van der Waals surface area (Å²) in [5.74, 6) is -0.144. The second kappa shape index (κ2) is 7.31. The molecule has 1 amide bonds. The van der Waals surface area contributed by atoms with E-state index in [-0.39, 0.29) is 17.3 Å². The number of fused-ring (bicyclic) bond motifs is 1. The number of carbonyl (C=O) groups excluding carboxylic acids is 1. The molecule has 1 aromatic carbocycles. The molecule has 0 aliphatic rings. The van der Waals surface area contributed by atoms with Crippen molar-refractivity contribution in [3.63, 3.8) is 0 Å². The largest absolute Gasteiger partial charge is 0.397 e. The van der Waals surface area contributed by atoms with Crippen LogP contribution >= 0.6 is 22.7 Å². The molecule has 0 fully saturated rings. The molecule has 138 valence electrons. The molecule has 0 saturated carbocycles. The van der Waals surface area contributed by atoms with Gasteiger partial charge >= 0.3 is 0 Å². The average Bonchev–Trinajstić information content (AvgIpc) is 3.34. The van der Waals surface area contributed by atoms with Crippen LogP contribution in [0.5, 0.6) is 0 Å². The molecule has 0 atom stereocenters. The van der Waals surface area contributed by atoms with Crippen LogP contribution in [0.2, 0.25) is 0 Å². The van der Waals surface area contributed by atoms with Gasteiger partial charge in [-0.3, -0.25) is 4.79 Å². The van der Waals surface area contributed by atoms with Gasteiger partial charge in [0.25, 0.3) is 5.91 Å². The molecule has 8 heteroatoms. The molecular formula is C20H15N5OS2. The summed E-state index contributed by atoms with van der Waals surface area (Å²) in [6.45, 7) is 0.393. The second-order valence-corrected chi connectivity index (χ2v) is 7.98. The molecule has 3 heterocycles. The normalized spacial score (nSPS) is 10.7. The Labute approximate surface area is 169 Å². The van der Waals surface area contributed by atoms with Gasteiger partial charge in [-0.25, -0.2) is 4.98 Å². The van der Waals surface area contributed by atoms with Gasteiger partial charge in [0.2, 0.25) is 0 Å². The summed E-state index contributed by atoms with van der Waals surface area (Å²) >= 11 is 2.66. The molecule has 0 spiro atoms. The van der Waals surface area contributed by atoms with E-state index >= 15 is 0 Å². The van der Waals surface area contributed by atoms with Crippen LogP contribution in [0.4, 0.5) is 11.5 Å². The highest BCUT2D eigenvalue weighted by atomic mass is 32.1. The van der Waals surface area contributed by atoms with E-state index in [1.54, 1.807) is 0 Å². The topological polar surface area (TPSA) is 118 Å². The number of nitrogens with two attached hydrogens (primary N) is 2. The second-order valence-electron chi connectivity index (χ2n) is 6.03. The van der Waals surface area contributed by atoms with Crippen molar-refractivity contribution in [2.45, 2.75) is 6.54 Å². The van der Waals surface area contributed by atoms with Crippen LogP contribution < -0.4 is 16.8 Å². The van der Waals surface area contributed by atoms with Crippen LogP contribution in [-0.4, -0.2) is 10.9 Å². The Kier molecular flexibility index (Phi) is 4.69. The first kappa shape index (κ1) is 18.0. The highest BCUT2D eigenvalue weighted by Gasteiger charge is 2.24. The van der Waals surface area contributed by atoms with Gasteiger partial charge in [0.1, 0.15) is 27.2 Å². The summed E-state index contributed by atoms with van der Waals surface area (Å²) in [5.41, 5.74) is 14.6. The number of hydrogen-bond acceptors (Lipinski definition) is 7. The Bertz CT molecular complexity index is 1210. The van der Waals surface area contributed by atoms with Crippen molar-refractivity contribution < 1.29 is 4.79 Å². The van der Waals surface area contributed by atoms with E-state index in [1.807, 2.05) is 47.8 Å². The molecule has 0 bridgehead atoms. The summed E-state index contributed by atoms with van der Waals surface area (Å²) < 4.78 is 0. The molecule has 0 unspecified atom stereocenters. The minimum Gasteiger partial charge on any atom is -0.397 e. The van der Waals surface area contributed by atoms with Gasteiger partial charge in [-0.15, -0.1) is 22.7 Å². The van der Waals surface area contributed by atoms with E-state index in [9.17, 15) is 10.1 Å².